The Morgan fingerprint density at radius 2 is 0.727 bits per heavy atom. The van der Waals surface area contributed by atoms with Crippen molar-refractivity contribution in [2.75, 3.05) is 112 Å². The van der Waals surface area contributed by atoms with E-state index in [0.717, 1.165) is 13.0 Å². The molecule has 0 spiro atoms. The molecule has 1 aromatic carbocycles. The molecule has 0 aliphatic carbocycles. The molecule has 44 heavy (non-hydrogen) atoms. The largest absolute Gasteiger partial charge is 0.379 e. The summed E-state index contributed by atoms with van der Waals surface area (Å²) in [5, 5.41) is 0. The molecular weight excluding hydrogens is 592 g/mol. The van der Waals surface area contributed by atoms with Gasteiger partial charge in [-0.3, -0.25) is 4.18 Å². The maximum Gasteiger partial charge on any atom is 0.297 e. The molecule has 0 aromatic heterocycles. The van der Waals surface area contributed by atoms with Crippen molar-refractivity contribution in [2.45, 2.75) is 63.2 Å². The van der Waals surface area contributed by atoms with Gasteiger partial charge in [0.2, 0.25) is 0 Å². The van der Waals surface area contributed by atoms with Crippen molar-refractivity contribution in [3.63, 3.8) is 0 Å². The number of hydrogen-bond donors (Lipinski definition) is 0. The lowest BCUT2D eigenvalue weighted by molar-refractivity contribution is -0.0236. The molecule has 0 bridgehead atoms. The SMILES string of the molecule is CCCCCCCCCCOCCOCCOCCOCCOCCOCCOCCOCCOS(=O)(=O)c1ccccc1. The molecular formula is C32H58O11S. The van der Waals surface area contributed by atoms with Gasteiger partial charge in [0.15, 0.2) is 0 Å². The first-order valence-electron chi connectivity index (χ1n) is 16.2. The van der Waals surface area contributed by atoms with E-state index in [1.807, 2.05) is 0 Å². The summed E-state index contributed by atoms with van der Waals surface area (Å²) in [6.45, 7) is 10.1. The van der Waals surface area contributed by atoms with E-state index in [9.17, 15) is 8.42 Å². The van der Waals surface area contributed by atoms with E-state index in [1.165, 1.54) is 57.1 Å². The number of unbranched alkanes of at least 4 members (excludes halogenated alkanes) is 7. The molecule has 0 amide bonds. The molecule has 0 unspecified atom stereocenters. The number of benzene rings is 1. The van der Waals surface area contributed by atoms with E-state index in [1.54, 1.807) is 18.2 Å². The molecule has 258 valence electrons. The fraction of sp³-hybridized carbons (Fsp3) is 0.812. The molecule has 11 nitrogen and oxygen atoms in total. The van der Waals surface area contributed by atoms with Gasteiger partial charge < -0.3 is 37.9 Å². The zero-order chi connectivity index (χ0) is 31.7. The summed E-state index contributed by atoms with van der Waals surface area (Å²) < 4.78 is 72.6. The summed E-state index contributed by atoms with van der Waals surface area (Å²) in [6.07, 6.45) is 10.5. The van der Waals surface area contributed by atoms with Crippen molar-refractivity contribution in [1.29, 1.82) is 0 Å². The third kappa shape index (κ3) is 27.1. The minimum absolute atomic E-state index is 0.0509. The van der Waals surface area contributed by atoms with Crippen molar-refractivity contribution >= 4 is 10.1 Å². The van der Waals surface area contributed by atoms with Crippen molar-refractivity contribution in [3.05, 3.63) is 30.3 Å². The highest BCUT2D eigenvalue weighted by Crippen LogP contribution is 2.11. The van der Waals surface area contributed by atoms with Crippen molar-refractivity contribution in [1.82, 2.24) is 0 Å². The average molecular weight is 651 g/mol. The second-order valence-corrected chi connectivity index (χ2v) is 11.6. The van der Waals surface area contributed by atoms with Crippen LogP contribution in [0.3, 0.4) is 0 Å². The van der Waals surface area contributed by atoms with Gasteiger partial charge in [0.25, 0.3) is 10.1 Å². The quantitative estimate of drug-likeness (QED) is 0.0754. The van der Waals surface area contributed by atoms with Crippen LogP contribution in [0.2, 0.25) is 0 Å². The van der Waals surface area contributed by atoms with E-state index < -0.39 is 10.1 Å². The third-order valence-electron chi connectivity index (χ3n) is 6.24. The molecule has 0 aliphatic rings. The van der Waals surface area contributed by atoms with E-state index in [4.69, 9.17) is 42.1 Å². The fourth-order valence-electron chi connectivity index (χ4n) is 3.84. The smallest absolute Gasteiger partial charge is 0.297 e. The molecule has 0 aliphatic heterocycles. The Hall–Kier alpha value is -1.19. The molecule has 0 saturated heterocycles. The van der Waals surface area contributed by atoms with Crippen LogP contribution in [0.1, 0.15) is 58.3 Å². The third-order valence-corrected chi connectivity index (χ3v) is 7.57. The maximum atomic E-state index is 12.0. The molecule has 0 fully saturated rings. The Labute approximate surface area is 266 Å². The summed E-state index contributed by atoms with van der Waals surface area (Å²) in [6, 6.07) is 8.00. The minimum Gasteiger partial charge on any atom is -0.379 e. The van der Waals surface area contributed by atoms with E-state index in [-0.39, 0.29) is 18.1 Å². The highest BCUT2D eigenvalue weighted by Gasteiger charge is 2.13. The fourth-order valence-corrected chi connectivity index (χ4v) is 4.75. The maximum absolute atomic E-state index is 12.0. The Balaban J connectivity index is 1.67. The Kier molecular flexibility index (Phi) is 29.5. The summed E-state index contributed by atoms with van der Waals surface area (Å²) in [5.41, 5.74) is 0. The Bertz CT molecular complexity index is 812. The summed E-state index contributed by atoms with van der Waals surface area (Å²) >= 11 is 0. The highest BCUT2D eigenvalue weighted by atomic mass is 32.2. The topological polar surface area (TPSA) is 117 Å². The van der Waals surface area contributed by atoms with Gasteiger partial charge >= 0.3 is 0 Å². The standard InChI is InChI=1S/C32H58O11S/c1-2-3-4-5-6-7-8-12-15-35-16-17-36-18-19-37-20-21-38-22-23-39-24-25-40-26-27-41-28-29-42-30-31-43-44(33,34)32-13-10-9-11-14-32/h9-11,13-14H,2-8,12,15-31H2,1H3. The number of rotatable bonds is 35. The van der Waals surface area contributed by atoms with Gasteiger partial charge in [-0.1, -0.05) is 70.1 Å². The van der Waals surface area contributed by atoms with Gasteiger partial charge in [-0.15, -0.1) is 0 Å². The van der Waals surface area contributed by atoms with Crippen LogP contribution in [0.4, 0.5) is 0 Å². The Morgan fingerprint density at radius 1 is 0.409 bits per heavy atom. The monoisotopic (exact) mass is 650 g/mol. The molecule has 1 aromatic rings. The summed E-state index contributed by atoms with van der Waals surface area (Å²) in [4.78, 5) is 0.126. The van der Waals surface area contributed by atoms with Gasteiger partial charge in [-0.2, -0.15) is 8.42 Å². The van der Waals surface area contributed by atoms with Gasteiger partial charge in [-0.05, 0) is 18.6 Å². The van der Waals surface area contributed by atoms with Crippen LogP contribution in [0, 0.1) is 0 Å². The van der Waals surface area contributed by atoms with Crippen LogP contribution in [0.15, 0.2) is 35.2 Å². The van der Waals surface area contributed by atoms with Crippen LogP contribution in [-0.2, 0) is 52.2 Å². The van der Waals surface area contributed by atoms with Crippen molar-refractivity contribution in [2.24, 2.45) is 0 Å². The van der Waals surface area contributed by atoms with Gasteiger partial charge in [0, 0.05) is 6.61 Å². The first-order valence-corrected chi connectivity index (χ1v) is 17.6. The van der Waals surface area contributed by atoms with Crippen LogP contribution in [0.25, 0.3) is 0 Å². The first kappa shape index (κ1) is 40.8. The minimum atomic E-state index is -3.75. The van der Waals surface area contributed by atoms with Crippen LogP contribution in [-0.4, -0.2) is 121 Å². The molecule has 0 saturated carbocycles. The van der Waals surface area contributed by atoms with Crippen LogP contribution in [0.5, 0.6) is 0 Å². The lowest BCUT2D eigenvalue weighted by Gasteiger charge is -2.09. The van der Waals surface area contributed by atoms with E-state index in [0.29, 0.717) is 92.5 Å². The predicted octanol–water partition coefficient (Wildman–Crippen LogP) is 4.67. The number of hydrogen-bond acceptors (Lipinski definition) is 11. The zero-order valence-electron chi connectivity index (χ0n) is 27.0. The van der Waals surface area contributed by atoms with Crippen LogP contribution < -0.4 is 0 Å². The molecule has 1 rings (SSSR count). The van der Waals surface area contributed by atoms with Crippen molar-refractivity contribution in [3.8, 4) is 0 Å². The van der Waals surface area contributed by atoms with Crippen molar-refractivity contribution < 1.29 is 50.5 Å². The van der Waals surface area contributed by atoms with E-state index in [2.05, 4.69) is 6.92 Å². The van der Waals surface area contributed by atoms with Gasteiger partial charge in [0.1, 0.15) is 0 Å². The molecule has 12 heteroatoms. The molecule has 0 heterocycles. The molecule has 0 N–H and O–H groups in total. The second-order valence-electron chi connectivity index (χ2n) is 9.96. The Morgan fingerprint density at radius 3 is 1.11 bits per heavy atom. The highest BCUT2D eigenvalue weighted by molar-refractivity contribution is 7.86. The first-order chi connectivity index (χ1) is 21.7. The van der Waals surface area contributed by atoms with Crippen LogP contribution >= 0.6 is 0 Å². The summed E-state index contributed by atoms with van der Waals surface area (Å²) in [5.74, 6) is 0. The second kappa shape index (κ2) is 31.8. The van der Waals surface area contributed by atoms with E-state index >= 15 is 0 Å². The number of ether oxygens (including phenoxy) is 8. The summed E-state index contributed by atoms with van der Waals surface area (Å²) in [7, 11) is -3.75. The van der Waals surface area contributed by atoms with Gasteiger partial charge in [0.05, 0.1) is 111 Å². The molecule has 0 atom stereocenters. The van der Waals surface area contributed by atoms with Gasteiger partial charge in [-0.25, -0.2) is 0 Å². The predicted molar refractivity (Wildman–Crippen MR) is 169 cm³/mol. The molecule has 0 radical (unpaired) electrons. The lowest BCUT2D eigenvalue weighted by atomic mass is 10.1. The lowest BCUT2D eigenvalue weighted by Crippen LogP contribution is -2.15. The zero-order valence-corrected chi connectivity index (χ0v) is 27.8. The average Bonchev–Trinajstić information content (AvgIpc) is 3.03. The normalized spacial score (nSPS) is 11.8.